The fourth-order valence-electron chi connectivity index (χ4n) is 3.33. The number of hydrogen-bond donors (Lipinski definition) is 0. The van der Waals surface area contributed by atoms with E-state index in [4.69, 9.17) is 14.1 Å². The molecule has 29 heavy (non-hydrogen) atoms. The van der Waals surface area contributed by atoms with Crippen molar-refractivity contribution < 1.29 is 9.15 Å². The van der Waals surface area contributed by atoms with E-state index in [1.807, 2.05) is 67.6 Å². The molecule has 0 unspecified atom stereocenters. The molecule has 0 aliphatic rings. The molecule has 0 atom stereocenters. The topological polar surface area (TPSA) is 52.3 Å². The zero-order valence-corrected chi connectivity index (χ0v) is 16.5. The number of benzene rings is 3. The number of ether oxygens (including phenoxy) is 1. The van der Waals surface area contributed by atoms with Crippen LogP contribution < -0.4 is 10.4 Å². The lowest BCUT2D eigenvalue weighted by atomic mass is 10.1. The monoisotopic (exact) mass is 399 g/mol. The van der Waals surface area contributed by atoms with Gasteiger partial charge in [0.1, 0.15) is 22.9 Å². The van der Waals surface area contributed by atoms with Crippen LogP contribution in [0.4, 0.5) is 0 Å². The van der Waals surface area contributed by atoms with Gasteiger partial charge in [0.05, 0.1) is 10.2 Å². The first-order valence-electron chi connectivity index (χ1n) is 9.28. The molecular weight excluding hydrogens is 382 g/mol. The number of aryl methyl sites for hydroxylation is 1. The minimum Gasteiger partial charge on any atom is -0.489 e. The number of aromatic nitrogens is 1. The molecule has 0 aliphatic carbocycles. The van der Waals surface area contributed by atoms with Crippen LogP contribution in [0.3, 0.4) is 0 Å². The second-order valence-electron chi connectivity index (χ2n) is 6.89. The average molecular weight is 399 g/mol. The Labute approximate surface area is 171 Å². The molecule has 0 amide bonds. The van der Waals surface area contributed by atoms with Crippen LogP contribution in [-0.2, 0) is 6.61 Å². The summed E-state index contributed by atoms with van der Waals surface area (Å²) < 4.78 is 12.5. The van der Waals surface area contributed by atoms with Crippen molar-refractivity contribution in [2.24, 2.45) is 0 Å². The molecule has 0 fully saturated rings. The molecule has 142 valence electrons. The molecule has 0 bridgehead atoms. The van der Waals surface area contributed by atoms with Crippen molar-refractivity contribution >= 4 is 32.5 Å². The normalized spacial score (nSPS) is 11.2. The largest absolute Gasteiger partial charge is 0.489 e. The number of hydrogen-bond acceptors (Lipinski definition) is 5. The van der Waals surface area contributed by atoms with E-state index in [9.17, 15) is 4.79 Å². The number of nitrogens with zero attached hydrogens (tertiary/aromatic N) is 1. The van der Waals surface area contributed by atoms with Crippen molar-refractivity contribution in [3.05, 3.63) is 94.3 Å². The van der Waals surface area contributed by atoms with E-state index in [-0.39, 0.29) is 12.2 Å². The van der Waals surface area contributed by atoms with E-state index in [0.717, 1.165) is 43.1 Å². The summed E-state index contributed by atoms with van der Waals surface area (Å²) in [7, 11) is 0. The van der Waals surface area contributed by atoms with Crippen molar-refractivity contribution in [2.45, 2.75) is 13.5 Å². The summed E-state index contributed by atoms with van der Waals surface area (Å²) in [5.74, 6) is 0.732. The Morgan fingerprint density at radius 1 is 1.00 bits per heavy atom. The zero-order chi connectivity index (χ0) is 19.8. The molecule has 2 heterocycles. The quantitative estimate of drug-likeness (QED) is 0.350. The highest BCUT2D eigenvalue weighted by Crippen LogP contribution is 2.32. The van der Waals surface area contributed by atoms with Crippen LogP contribution in [0.25, 0.3) is 31.8 Å². The van der Waals surface area contributed by atoms with E-state index in [1.165, 1.54) is 6.07 Å². The van der Waals surface area contributed by atoms with Crippen LogP contribution >= 0.6 is 11.3 Å². The Bertz CT molecular complexity index is 1370. The van der Waals surface area contributed by atoms with E-state index in [0.29, 0.717) is 5.58 Å². The maximum Gasteiger partial charge on any atom is 0.336 e. The molecule has 0 saturated carbocycles. The highest BCUT2D eigenvalue weighted by atomic mass is 32.1. The van der Waals surface area contributed by atoms with E-state index in [2.05, 4.69) is 6.07 Å². The summed E-state index contributed by atoms with van der Waals surface area (Å²) in [6, 6.07) is 23.3. The molecule has 0 N–H and O–H groups in total. The lowest BCUT2D eigenvalue weighted by Gasteiger charge is -2.09. The van der Waals surface area contributed by atoms with Crippen molar-refractivity contribution in [3.8, 4) is 16.3 Å². The Kier molecular flexibility index (Phi) is 4.37. The summed E-state index contributed by atoms with van der Waals surface area (Å²) in [4.78, 5) is 16.6. The Morgan fingerprint density at radius 2 is 1.90 bits per heavy atom. The minimum absolute atomic E-state index is 0.286. The van der Waals surface area contributed by atoms with Gasteiger partial charge in [-0.15, -0.1) is 11.3 Å². The third-order valence-electron chi connectivity index (χ3n) is 4.75. The average Bonchev–Trinajstić information content (AvgIpc) is 3.16. The molecule has 0 spiro atoms. The first-order valence-corrected chi connectivity index (χ1v) is 10.1. The SMILES string of the molecule is Cc1ccc2c(COc3cccc(-c4nc5ccccc5s4)c3)cc(=O)oc2c1. The van der Waals surface area contributed by atoms with Gasteiger partial charge in [0.15, 0.2) is 0 Å². The molecule has 2 aromatic heterocycles. The van der Waals surface area contributed by atoms with Gasteiger partial charge in [0.2, 0.25) is 0 Å². The van der Waals surface area contributed by atoms with Crippen molar-refractivity contribution in [1.29, 1.82) is 0 Å². The lowest BCUT2D eigenvalue weighted by molar-refractivity contribution is 0.307. The molecule has 3 aromatic carbocycles. The van der Waals surface area contributed by atoms with Gasteiger partial charge in [-0.05, 0) is 42.8 Å². The second kappa shape index (κ2) is 7.18. The van der Waals surface area contributed by atoms with Crippen LogP contribution in [0.15, 0.2) is 82.0 Å². The van der Waals surface area contributed by atoms with E-state index in [1.54, 1.807) is 11.3 Å². The molecule has 5 rings (SSSR count). The standard InChI is InChI=1S/C24H17NO3S/c1-15-9-10-19-17(13-23(26)28-21(19)11-15)14-27-18-6-4-5-16(12-18)24-25-20-7-2-3-8-22(20)29-24/h2-13H,14H2,1H3. The summed E-state index contributed by atoms with van der Waals surface area (Å²) in [5.41, 5.74) is 4.07. The van der Waals surface area contributed by atoms with Crippen LogP contribution in [0.1, 0.15) is 11.1 Å². The summed E-state index contributed by atoms with van der Waals surface area (Å²) >= 11 is 1.66. The van der Waals surface area contributed by atoms with Crippen molar-refractivity contribution in [2.75, 3.05) is 0 Å². The number of para-hydroxylation sites is 1. The predicted molar refractivity (Wildman–Crippen MR) is 117 cm³/mol. The fourth-order valence-corrected chi connectivity index (χ4v) is 4.29. The van der Waals surface area contributed by atoms with Gasteiger partial charge in [-0.25, -0.2) is 9.78 Å². The molecule has 0 saturated heterocycles. The van der Waals surface area contributed by atoms with E-state index < -0.39 is 0 Å². The Hall–Kier alpha value is -3.44. The van der Waals surface area contributed by atoms with Gasteiger partial charge in [0.25, 0.3) is 0 Å². The summed E-state index contributed by atoms with van der Waals surface area (Å²) in [6.07, 6.45) is 0. The first kappa shape index (κ1) is 17.6. The predicted octanol–water partition coefficient (Wildman–Crippen LogP) is 5.96. The highest BCUT2D eigenvalue weighted by molar-refractivity contribution is 7.21. The minimum atomic E-state index is -0.370. The fraction of sp³-hybridized carbons (Fsp3) is 0.0833. The number of rotatable bonds is 4. The highest BCUT2D eigenvalue weighted by Gasteiger charge is 2.09. The van der Waals surface area contributed by atoms with E-state index >= 15 is 0 Å². The van der Waals surface area contributed by atoms with Crippen molar-refractivity contribution in [3.63, 3.8) is 0 Å². The second-order valence-corrected chi connectivity index (χ2v) is 7.92. The number of thiazole rings is 1. The van der Waals surface area contributed by atoms with Crippen LogP contribution in [0, 0.1) is 6.92 Å². The number of fused-ring (bicyclic) bond motifs is 2. The van der Waals surface area contributed by atoms with Gasteiger partial charge >= 0.3 is 5.63 Å². The van der Waals surface area contributed by atoms with Crippen LogP contribution in [-0.4, -0.2) is 4.98 Å². The molecule has 4 nitrogen and oxygen atoms in total. The summed E-state index contributed by atoms with van der Waals surface area (Å²) in [5, 5.41) is 1.84. The van der Waals surface area contributed by atoms with Gasteiger partial charge in [0, 0.05) is 22.6 Å². The molecule has 5 heteroatoms. The third kappa shape index (κ3) is 3.52. The van der Waals surface area contributed by atoms with Gasteiger partial charge in [-0.3, -0.25) is 0 Å². The smallest absolute Gasteiger partial charge is 0.336 e. The Balaban J connectivity index is 1.44. The molecule has 0 radical (unpaired) electrons. The van der Waals surface area contributed by atoms with Crippen LogP contribution in [0.2, 0.25) is 0 Å². The maximum atomic E-state index is 11.9. The molecule has 0 aliphatic heterocycles. The third-order valence-corrected chi connectivity index (χ3v) is 5.84. The first-order chi connectivity index (χ1) is 14.2. The summed E-state index contributed by atoms with van der Waals surface area (Å²) in [6.45, 7) is 2.25. The lowest BCUT2D eigenvalue weighted by Crippen LogP contribution is -2.04. The molecular formula is C24H17NO3S. The van der Waals surface area contributed by atoms with Gasteiger partial charge in [-0.2, -0.15) is 0 Å². The molecule has 5 aromatic rings. The van der Waals surface area contributed by atoms with Gasteiger partial charge < -0.3 is 9.15 Å². The van der Waals surface area contributed by atoms with Gasteiger partial charge in [-0.1, -0.05) is 36.4 Å². The maximum absolute atomic E-state index is 11.9. The van der Waals surface area contributed by atoms with Crippen molar-refractivity contribution in [1.82, 2.24) is 4.98 Å². The van der Waals surface area contributed by atoms with Crippen LogP contribution in [0.5, 0.6) is 5.75 Å². The Morgan fingerprint density at radius 3 is 2.79 bits per heavy atom. The zero-order valence-electron chi connectivity index (χ0n) is 15.7.